The van der Waals surface area contributed by atoms with Gasteiger partial charge in [0.15, 0.2) is 0 Å². The van der Waals surface area contributed by atoms with Crippen LogP contribution in [0.4, 0.5) is 0 Å². The Labute approximate surface area is 110 Å². The van der Waals surface area contributed by atoms with Gasteiger partial charge < -0.3 is 9.67 Å². The number of hydrogen-bond donors (Lipinski definition) is 1. The summed E-state index contributed by atoms with van der Waals surface area (Å²) in [6.45, 7) is 0. The van der Waals surface area contributed by atoms with Crippen molar-refractivity contribution in [2.45, 2.75) is 51.0 Å². The molecule has 17 heavy (non-hydrogen) atoms. The van der Waals surface area contributed by atoms with Gasteiger partial charge in [-0.15, -0.1) is 0 Å². The van der Waals surface area contributed by atoms with Crippen LogP contribution in [0.2, 0.25) is 0 Å². The van der Waals surface area contributed by atoms with Crippen molar-refractivity contribution in [2.24, 2.45) is 0 Å². The monoisotopic (exact) mass is 299 g/mol. The molecule has 1 aliphatic carbocycles. The smallest absolute Gasteiger partial charge is 0.352 e. The van der Waals surface area contributed by atoms with Crippen molar-refractivity contribution >= 4 is 21.9 Å². The first-order valence-corrected chi connectivity index (χ1v) is 7.08. The van der Waals surface area contributed by atoms with Gasteiger partial charge in [-0.1, -0.05) is 32.1 Å². The van der Waals surface area contributed by atoms with E-state index in [4.69, 9.17) is 0 Å². The highest BCUT2D eigenvalue weighted by Crippen LogP contribution is 2.29. The zero-order valence-corrected chi connectivity index (χ0v) is 11.4. The first-order valence-electron chi connectivity index (χ1n) is 6.29. The van der Waals surface area contributed by atoms with Crippen molar-refractivity contribution in [1.82, 2.24) is 4.57 Å². The summed E-state index contributed by atoms with van der Waals surface area (Å²) in [5.41, 5.74) is 0.405. The van der Waals surface area contributed by atoms with Gasteiger partial charge in [-0.3, -0.25) is 0 Å². The van der Waals surface area contributed by atoms with Gasteiger partial charge in [-0.05, 0) is 34.8 Å². The van der Waals surface area contributed by atoms with E-state index in [9.17, 15) is 9.90 Å². The molecule has 1 fully saturated rings. The van der Waals surface area contributed by atoms with Crippen LogP contribution in [-0.4, -0.2) is 15.6 Å². The molecular weight excluding hydrogens is 282 g/mol. The molecule has 0 aromatic carbocycles. The fourth-order valence-corrected chi connectivity index (χ4v) is 3.07. The van der Waals surface area contributed by atoms with E-state index in [1.165, 1.54) is 32.1 Å². The number of carboxylic acid groups (broad SMARTS) is 1. The molecule has 1 aliphatic rings. The lowest BCUT2D eigenvalue weighted by atomic mass is 9.96. The van der Waals surface area contributed by atoms with Crippen LogP contribution < -0.4 is 0 Å². The molecule has 2 rings (SSSR count). The van der Waals surface area contributed by atoms with Crippen LogP contribution in [0.1, 0.15) is 61.5 Å². The average molecular weight is 300 g/mol. The zero-order valence-electron chi connectivity index (χ0n) is 9.86. The predicted molar refractivity (Wildman–Crippen MR) is 70.4 cm³/mol. The summed E-state index contributed by atoms with van der Waals surface area (Å²) in [5, 5.41) is 9.19. The highest BCUT2D eigenvalue weighted by atomic mass is 79.9. The number of nitrogens with zero attached hydrogens (tertiary/aromatic N) is 1. The summed E-state index contributed by atoms with van der Waals surface area (Å²) in [7, 11) is 0. The Hall–Kier alpha value is -0.770. The first kappa shape index (κ1) is 12.7. The molecule has 0 spiro atoms. The highest BCUT2D eigenvalue weighted by molar-refractivity contribution is 9.10. The molecule has 94 valence electrons. The van der Waals surface area contributed by atoms with E-state index in [1.807, 2.05) is 10.8 Å². The van der Waals surface area contributed by atoms with E-state index in [-0.39, 0.29) is 0 Å². The Bertz CT molecular complexity index is 392. The van der Waals surface area contributed by atoms with Crippen LogP contribution in [0, 0.1) is 0 Å². The Morgan fingerprint density at radius 1 is 1.24 bits per heavy atom. The average Bonchev–Trinajstić information content (AvgIpc) is 2.60. The number of aromatic carboxylic acids is 1. The fraction of sp³-hybridized carbons (Fsp3) is 0.615. The third kappa shape index (κ3) is 3.12. The number of carboxylic acids is 1. The third-order valence-corrected chi connectivity index (χ3v) is 3.94. The highest BCUT2D eigenvalue weighted by Gasteiger charge is 2.19. The van der Waals surface area contributed by atoms with Gasteiger partial charge in [0.25, 0.3) is 0 Å². The molecule has 0 amide bonds. The van der Waals surface area contributed by atoms with Crippen LogP contribution >= 0.6 is 15.9 Å². The minimum atomic E-state index is -0.835. The fourth-order valence-electron chi connectivity index (χ4n) is 2.63. The Kier molecular flexibility index (Phi) is 4.26. The lowest BCUT2D eigenvalue weighted by molar-refractivity contribution is 0.0681. The van der Waals surface area contributed by atoms with Crippen molar-refractivity contribution in [1.29, 1.82) is 0 Å². The maximum absolute atomic E-state index is 11.2. The lowest BCUT2D eigenvalue weighted by Crippen LogP contribution is -2.15. The predicted octanol–water partition coefficient (Wildman–Crippen LogP) is 4.23. The number of carbonyl (C=O) groups is 1. The summed E-state index contributed by atoms with van der Waals surface area (Å²) >= 11 is 3.37. The topological polar surface area (TPSA) is 42.2 Å². The van der Waals surface area contributed by atoms with Gasteiger partial charge in [-0.2, -0.15) is 0 Å². The molecule has 4 heteroatoms. The number of aromatic nitrogens is 1. The molecule has 1 saturated carbocycles. The van der Waals surface area contributed by atoms with Gasteiger partial charge in [0.1, 0.15) is 5.69 Å². The molecule has 1 heterocycles. The van der Waals surface area contributed by atoms with Crippen molar-refractivity contribution in [3.05, 3.63) is 22.4 Å². The van der Waals surface area contributed by atoms with Crippen molar-refractivity contribution in [3.8, 4) is 0 Å². The van der Waals surface area contributed by atoms with E-state index in [1.54, 1.807) is 6.07 Å². The third-order valence-electron chi connectivity index (χ3n) is 3.50. The van der Waals surface area contributed by atoms with Crippen LogP contribution in [0.15, 0.2) is 16.7 Å². The number of halogens is 1. The van der Waals surface area contributed by atoms with Crippen molar-refractivity contribution in [3.63, 3.8) is 0 Å². The van der Waals surface area contributed by atoms with Gasteiger partial charge in [0.05, 0.1) is 0 Å². The molecular formula is C13H18BrNO2. The minimum Gasteiger partial charge on any atom is -0.477 e. The molecule has 1 aromatic rings. The Morgan fingerprint density at radius 3 is 2.41 bits per heavy atom. The maximum Gasteiger partial charge on any atom is 0.352 e. The second-order valence-corrected chi connectivity index (χ2v) is 5.67. The Morgan fingerprint density at radius 2 is 1.82 bits per heavy atom. The summed E-state index contributed by atoms with van der Waals surface area (Å²) in [4.78, 5) is 11.2. The number of hydrogen-bond acceptors (Lipinski definition) is 1. The summed E-state index contributed by atoms with van der Waals surface area (Å²) in [5.74, 6) is -0.835. The molecule has 0 aliphatic heterocycles. The van der Waals surface area contributed by atoms with Crippen LogP contribution in [0.25, 0.3) is 0 Å². The molecule has 3 nitrogen and oxygen atoms in total. The standard InChI is InChI=1S/C13H18BrNO2/c14-10-8-12(13(16)17)15(9-10)11-6-4-2-1-3-5-7-11/h8-9,11H,1-7H2,(H,16,17). The van der Waals surface area contributed by atoms with Gasteiger partial charge in [0.2, 0.25) is 0 Å². The van der Waals surface area contributed by atoms with E-state index < -0.39 is 5.97 Å². The quantitative estimate of drug-likeness (QED) is 0.888. The second kappa shape index (κ2) is 5.71. The second-order valence-electron chi connectivity index (χ2n) is 4.75. The molecule has 0 atom stereocenters. The summed E-state index contributed by atoms with van der Waals surface area (Å²) < 4.78 is 2.80. The number of rotatable bonds is 2. The van der Waals surface area contributed by atoms with E-state index in [0.29, 0.717) is 11.7 Å². The molecule has 1 N–H and O–H groups in total. The van der Waals surface area contributed by atoms with E-state index in [0.717, 1.165) is 17.3 Å². The minimum absolute atomic E-state index is 0.354. The SMILES string of the molecule is O=C(O)c1cc(Br)cn1C1CCCCCCC1. The van der Waals surface area contributed by atoms with Crippen molar-refractivity contribution < 1.29 is 9.90 Å². The van der Waals surface area contributed by atoms with Crippen LogP contribution in [-0.2, 0) is 0 Å². The van der Waals surface area contributed by atoms with Crippen LogP contribution in [0.3, 0.4) is 0 Å². The normalized spacial score (nSPS) is 18.6. The maximum atomic E-state index is 11.2. The zero-order chi connectivity index (χ0) is 12.3. The molecule has 0 radical (unpaired) electrons. The molecule has 0 saturated heterocycles. The van der Waals surface area contributed by atoms with E-state index >= 15 is 0 Å². The molecule has 0 unspecified atom stereocenters. The first-order chi connectivity index (χ1) is 8.18. The van der Waals surface area contributed by atoms with Crippen LogP contribution in [0.5, 0.6) is 0 Å². The largest absolute Gasteiger partial charge is 0.477 e. The van der Waals surface area contributed by atoms with Gasteiger partial charge in [0, 0.05) is 16.7 Å². The summed E-state index contributed by atoms with van der Waals surface area (Å²) in [6.07, 6.45) is 10.4. The summed E-state index contributed by atoms with van der Waals surface area (Å²) in [6, 6.07) is 2.05. The molecule has 1 aromatic heterocycles. The van der Waals surface area contributed by atoms with Crippen molar-refractivity contribution in [2.75, 3.05) is 0 Å². The lowest BCUT2D eigenvalue weighted by Gasteiger charge is -2.22. The van der Waals surface area contributed by atoms with Gasteiger partial charge in [-0.25, -0.2) is 4.79 Å². The van der Waals surface area contributed by atoms with E-state index in [2.05, 4.69) is 15.9 Å². The Balaban J connectivity index is 2.21. The molecule has 0 bridgehead atoms. The van der Waals surface area contributed by atoms with Gasteiger partial charge >= 0.3 is 5.97 Å².